The van der Waals surface area contributed by atoms with E-state index in [4.69, 9.17) is 0 Å². The van der Waals surface area contributed by atoms with Crippen molar-refractivity contribution in [3.8, 4) is 0 Å². The van der Waals surface area contributed by atoms with Gasteiger partial charge in [0.25, 0.3) is 0 Å². The largest absolute Gasteiger partial charge is 0.419 e. The van der Waals surface area contributed by atoms with Crippen molar-refractivity contribution in [3.63, 3.8) is 0 Å². The average Bonchev–Trinajstić information content (AvgIpc) is 2.55. The summed E-state index contributed by atoms with van der Waals surface area (Å²) in [6.07, 6.45) is 1.47. The van der Waals surface area contributed by atoms with E-state index < -0.39 is 11.7 Å². The van der Waals surface area contributed by atoms with Crippen LogP contribution in [0.15, 0.2) is 12.4 Å². The molecule has 1 amide bonds. The molecular formula is C15H19F3N4O. The minimum Gasteiger partial charge on any atom is -0.341 e. The van der Waals surface area contributed by atoms with Gasteiger partial charge in [0.05, 0.1) is 5.56 Å². The molecule has 2 saturated heterocycles. The number of rotatable bonds is 2. The quantitative estimate of drug-likeness (QED) is 0.837. The average molecular weight is 328 g/mol. The van der Waals surface area contributed by atoms with Crippen LogP contribution in [-0.2, 0) is 11.0 Å². The molecule has 0 unspecified atom stereocenters. The first kappa shape index (κ1) is 16.0. The van der Waals surface area contributed by atoms with Gasteiger partial charge in [0.2, 0.25) is 11.9 Å². The summed E-state index contributed by atoms with van der Waals surface area (Å²) in [5.74, 6) is 0.543. The highest BCUT2D eigenvalue weighted by Gasteiger charge is 2.33. The van der Waals surface area contributed by atoms with Gasteiger partial charge < -0.3 is 9.80 Å². The van der Waals surface area contributed by atoms with Crippen LogP contribution in [0.2, 0.25) is 0 Å². The number of anilines is 1. The Bertz CT molecular complexity index is 553. The molecule has 0 aliphatic carbocycles. The number of likely N-dealkylation sites (tertiary alicyclic amines) is 1. The number of nitrogens with zero attached hydrogens (tertiary/aromatic N) is 4. The van der Waals surface area contributed by atoms with Crippen molar-refractivity contribution in [1.82, 2.24) is 14.9 Å². The molecule has 3 heterocycles. The van der Waals surface area contributed by atoms with Gasteiger partial charge in [-0.05, 0) is 25.7 Å². The molecule has 3 rings (SSSR count). The Morgan fingerprint density at radius 3 is 2.26 bits per heavy atom. The van der Waals surface area contributed by atoms with Gasteiger partial charge in [-0.3, -0.25) is 4.79 Å². The zero-order chi connectivity index (χ0) is 16.4. The van der Waals surface area contributed by atoms with Gasteiger partial charge >= 0.3 is 6.18 Å². The topological polar surface area (TPSA) is 49.3 Å². The molecule has 0 spiro atoms. The number of piperidine rings is 2. The monoisotopic (exact) mass is 328 g/mol. The lowest BCUT2D eigenvalue weighted by molar-refractivity contribution is -0.138. The van der Waals surface area contributed by atoms with E-state index in [1.54, 1.807) is 0 Å². The lowest BCUT2D eigenvalue weighted by Gasteiger charge is -2.40. The highest BCUT2D eigenvalue weighted by molar-refractivity contribution is 5.77. The SMILES string of the molecule is O=C1CCCCN1C1CCN(c2ncc(C(F)(F)F)cn2)CC1. The summed E-state index contributed by atoms with van der Waals surface area (Å²) in [7, 11) is 0. The van der Waals surface area contributed by atoms with Gasteiger partial charge in [-0.2, -0.15) is 13.2 Å². The molecule has 1 aromatic rings. The highest BCUT2D eigenvalue weighted by atomic mass is 19.4. The van der Waals surface area contributed by atoms with Crippen LogP contribution in [0.25, 0.3) is 0 Å². The Labute approximate surface area is 132 Å². The molecule has 2 aliphatic rings. The van der Waals surface area contributed by atoms with E-state index in [0.29, 0.717) is 25.5 Å². The Kier molecular flexibility index (Phi) is 4.41. The molecule has 0 N–H and O–H groups in total. The number of hydrogen-bond donors (Lipinski definition) is 0. The zero-order valence-corrected chi connectivity index (χ0v) is 12.7. The second-order valence-electron chi connectivity index (χ2n) is 6.03. The maximum atomic E-state index is 12.5. The van der Waals surface area contributed by atoms with E-state index in [0.717, 1.165) is 44.6 Å². The van der Waals surface area contributed by atoms with E-state index >= 15 is 0 Å². The van der Waals surface area contributed by atoms with Gasteiger partial charge in [-0.25, -0.2) is 9.97 Å². The van der Waals surface area contributed by atoms with Crippen molar-refractivity contribution >= 4 is 11.9 Å². The van der Waals surface area contributed by atoms with Gasteiger partial charge in [-0.1, -0.05) is 0 Å². The first-order valence-corrected chi connectivity index (χ1v) is 7.89. The maximum Gasteiger partial charge on any atom is 0.419 e. The van der Waals surface area contributed by atoms with Crippen molar-refractivity contribution in [2.24, 2.45) is 0 Å². The third-order valence-electron chi connectivity index (χ3n) is 4.51. The van der Waals surface area contributed by atoms with Crippen LogP contribution in [0.5, 0.6) is 0 Å². The number of aromatic nitrogens is 2. The first-order chi connectivity index (χ1) is 10.9. The van der Waals surface area contributed by atoms with E-state index in [-0.39, 0.29) is 11.9 Å². The number of alkyl halides is 3. The summed E-state index contributed by atoms with van der Waals surface area (Å²) >= 11 is 0. The van der Waals surface area contributed by atoms with Gasteiger partial charge in [0.1, 0.15) is 0 Å². The van der Waals surface area contributed by atoms with Crippen molar-refractivity contribution in [2.75, 3.05) is 24.5 Å². The number of carbonyl (C=O) groups excluding carboxylic acids is 1. The van der Waals surface area contributed by atoms with Crippen molar-refractivity contribution in [1.29, 1.82) is 0 Å². The fraction of sp³-hybridized carbons (Fsp3) is 0.667. The summed E-state index contributed by atoms with van der Waals surface area (Å²) in [5.41, 5.74) is -0.838. The van der Waals surface area contributed by atoms with Crippen molar-refractivity contribution in [3.05, 3.63) is 18.0 Å². The Balaban J connectivity index is 1.59. The number of carbonyl (C=O) groups is 1. The number of hydrogen-bond acceptors (Lipinski definition) is 4. The van der Waals surface area contributed by atoms with Crippen LogP contribution in [0.3, 0.4) is 0 Å². The van der Waals surface area contributed by atoms with Crippen LogP contribution in [0.1, 0.15) is 37.7 Å². The molecular weight excluding hydrogens is 309 g/mol. The van der Waals surface area contributed by atoms with Crippen LogP contribution in [0.4, 0.5) is 19.1 Å². The molecule has 5 nitrogen and oxygen atoms in total. The van der Waals surface area contributed by atoms with Crippen LogP contribution in [0, 0.1) is 0 Å². The van der Waals surface area contributed by atoms with Crippen LogP contribution in [-0.4, -0.2) is 46.5 Å². The molecule has 2 aliphatic heterocycles. The molecule has 23 heavy (non-hydrogen) atoms. The molecule has 0 aromatic carbocycles. The van der Waals surface area contributed by atoms with Gasteiger partial charge in [-0.15, -0.1) is 0 Å². The van der Waals surface area contributed by atoms with Gasteiger partial charge in [0.15, 0.2) is 0 Å². The summed E-state index contributed by atoms with van der Waals surface area (Å²) in [6, 6.07) is 0.230. The minimum absolute atomic E-state index is 0.223. The molecule has 126 valence electrons. The highest BCUT2D eigenvalue weighted by Crippen LogP contribution is 2.29. The Morgan fingerprint density at radius 1 is 1.04 bits per heavy atom. The van der Waals surface area contributed by atoms with E-state index in [1.165, 1.54) is 0 Å². The zero-order valence-electron chi connectivity index (χ0n) is 12.7. The lowest BCUT2D eigenvalue weighted by Crippen LogP contribution is -2.49. The molecule has 0 saturated carbocycles. The van der Waals surface area contributed by atoms with Crippen LogP contribution < -0.4 is 4.90 Å². The molecule has 8 heteroatoms. The van der Waals surface area contributed by atoms with E-state index in [1.807, 2.05) is 9.80 Å². The maximum absolute atomic E-state index is 12.5. The fourth-order valence-corrected chi connectivity index (χ4v) is 3.22. The predicted octanol–water partition coefficient (Wildman–Crippen LogP) is 2.48. The minimum atomic E-state index is -4.42. The second kappa shape index (κ2) is 6.33. The smallest absolute Gasteiger partial charge is 0.341 e. The number of amides is 1. The summed E-state index contributed by atoms with van der Waals surface area (Å²) in [6.45, 7) is 2.12. The number of halogens is 3. The second-order valence-corrected chi connectivity index (χ2v) is 6.03. The van der Waals surface area contributed by atoms with E-state index in [2.05, 4.69) is 9.97 Å². The normalized spacial score (nSPS) is 20.9. The molecule has 2 fully saturated rings. The summed E-state index contributed by atoms with van der Waals surface area (Å²) < 4.78 is 37.6. The molecule has 0 bridgehead atoms. The van der Waals surface area contributed by atoms with Crippen LogP contribution >= 0.6 is 0 Å². The van der Waals surface area contributed by atoms with Crippen molar-refractivity contribution < 1.29 is 18.0 Å². The lowest BCUT2D eigenvalue weighted by atomic mass is 10.00. The first-order valence-electron chi connectivity index (χ1n) is 7.89. The fourth-order valence-electron chi connectivity index (χ4n) is 3.22. The standard InChI is InChI=1S/C15H19F3N4O/c16-15(17,18)11-9-19-14(20-10-11)21-7-4-12(5-8-21)22-6-2-1-3-13(22)23/h9-10,12H,1-8H2. The van der Waals surface area contributed by atoms with E-state index in [9.17, 15) is 18.0 Å². The summed E-state index contributed by atoms with van der Waals surface area (Å²) in [5, 5.41) is 0. The third-order valence-corrected chi connectivity index (χ3v) is 4.51. The summed E-state index contributed by atoms with van der Waals surface area (Å²) in [4.78, 5) is 23.5. The van der Waals surface area contributed by atoms with Gasteiger partial charge in [0, 0.05) is 44.5 Å². The molecule has 0 atom stereocenters. The molecule has 0 radical (unpaired) electrons. The predicted molar refractivity (Wildman–Crippen MR) is 77.8 cm³/mol. The Hall–Kier alpha value is -1.86. The third kappa shape index (κ3) is 3.56. The Morgan fingerprint density at radius 2 is 1.70 bits per heavy atom. The molecule has 1 aromatic heterocycles. The van der Waals surface area contributed by atoms with Crippen molar-refractivity contribution in [2.45, 2.75) is 44.3 Å².